The van der Waals surface area contributed by atoms with Crippen LogP contribution in [-0.4, -0.2) is 15.9 Å². The molecule has 0 atom stereocenters. The van der Waals surface area contributed by atoms with Gasteiger partial charge >= 0.3 is 0 Å². The molecule has 0 unspecified atom stereocenters. The molecule has 3 aromatic carbocycles. The Bertz CT molecular complexity index is 1120. The first-order chi connectivity index (χ1) is 12.1. The molecule has 0 spiro atoms. The van der Waals surface area contributed by atoms with Crippen LogP contribution in [0.5, 0.6) is 0 Å². The highest BCUT2D eigenvalue weighted by atomic mass is 35.5. The lowest BCUT2D eigenvalue weighted by atomic mass is 10.1. The number of benzene rings is 3. The van der Waals surface area contributed by atoms with Crippen LogP contribution < -0.4 is 5.32 Å². The standard InChI is InChI=1S/C20H14ClN3O/c1-12-9-10-13(21)11-18(12)24-20(25)14-5-4-8-17-19(14)23-16-7-3-2-6-15(16)22-17/h2-11H,1H3,(H,24,25). The van der Waals surface area contributed by atoms with Crippen LogP contribution in [0.3, 0.4) is 0 Å². The molecule has 0 fully saturated rings. The molecule has 4 aromatic rings. The van der Waals surface area contributed by atoms with Gasteiger partial charge in [-0.05, 0) is 48.9 Å². The van der Waals surface area contributed by atoms with Crippen LogP contribution in [0.4, 0.5) is 5.69 Å². The number of para-hydroxylation sites is 3. The van der Waals surface area contributed by atoms with E-state index in [1.807, 2.05) is 49.4 Å². The molecule has 1 N–H and O–H groups in total. The van der Waals surface area contributed by atoms with E-state index in [2.05, 4.69) is 15.3 Å². The van der Waals surface area contributed by atoms with E-state index in [1.54, 1.807) is 18.2 Å². The summed E-state index contributed by atoms with van der Waals surface area (Å²) in [6.07, 6.45) is 0. The van der Waals surface area contributed by atoms with Crippen molar-refractivity contribution in [2.75, 3.05) is 5.32 Å². The Hall–Kier alpha value is -2.98. The lowest BCUT2D eigenvalue weighted by molar-refractivity contribution is 0.102. The number of nitrogens with one attached hydrogen (secondary N) is 1. The number of carbonyl (C=O) groups excluding carboxylic acids is 1. The summed E-state index contributed by atoms with van der Waals surface area (Å²) in [5.74, 6) is -0.236. The van der Waals surface area contributed by atoms with Crippen LogP contribution in [0.25, 0.3) is 22.1 Å². The summed E-state index contributed by atoms with van der Waals surface area (Å²) < 4.78 is 0. The fraction of sp³-hybridized carbons (Fsp3) is 0.0500. The molecule has 1 aromatic heterocycles. The zero-order chi connectivity index (χ0) is 17.4. The van der Waals surface area contributed by atoms with Crippen LogP contribution in [0, 0.1) is 6.92 Å². The summed E-state index contributed by atoms with van der Waals surface area (Å²) >= 11 is 6.03. The number of amides is 1. The normalized spacial score (nSPS) is 11.0. The molecular weight excluding hydrogens is 334 g/mol. The first-order valence-corrected chi connectivity index (χ1v) is 8.22. The lowest BCUT2D eigenvalue weighted by Crippen LogP contribution is -2.14. The Kier molecular flexibility index (Phi) is 3.82. The number of aryl methyl sites for hydroxylation is 1. The number of carbonyl (C=O) groups is 1. The highest BCUT2D eigenvalue weighted by Gasteiger charge is 2.14. The number of anilines is 1. The van der Waals surface area contributed by atoms with Gasteiger partial charge in [-0.15, -0.1) is 0 Å². The van der Waals surface area contributed by atoms with Crippen molar-refractivity contribution in [1.82, 2.24) is 9.97 Å². The molecular formula is C20H14ClN3O. The largest absolute Gasteiger partial charge is 0.322 e. The molecule has 4 nitrogen and oxygen atoms in total. The Morgan fingerprint density at radius 3 is 2.44 bits per heavy atom. The van der Waals surface area contributed by atoms with Crippen LogP contribution in [-0.2, 0) is 0 Å². The van der Waals surface area contributed by atoms with Gasteiger partial charge in [0.1, 0.15) is 5.52 Å². The molecule has 122 valence electrons. The Morgan fingerprint density at radius 1 is 0.920 bits per heavy atom. The molecule has 0 aliphatic rings. The molecule has 4 rings (SSSR count). The van der Waals surface area contributed by atoms with E-state index < -0.39 is 0 Å². The number of rotatable bonds is 2. The molecule has 0 aliphatic carbocycles. The van der Waals surface area contributed by atoms with Gasteiger partial charge in [-0.1, -0.05) is 35.9 Å². The SMILES string of the molecule is Cc1ccc(Cl)cc1NC(=O)c1cccc2nc3ccccc3nc12. The predicted octanol–water partition coefficient (Wildman–Crippen LogP) is 5.00. The summed E-state index contributed by atoms with van der Waals surface area (Å²) in [7, 11) is 0. The Morgan fingerprint density at radius 2 is 1.64 bits per heavy atom. The van der Waals surface area contributed by atoms with Crippen molar-refractivity contribution in [3.63, 3.8) is 0 Å². The minimum absolute atomic E-state index is 0.236. The van der Waals surface area contributed by atoms with E-state index in [1.165, 1.54) is 0 Å². The van der Waals surface area contributed by atoms with E-state index in [9.17, 15) is 4.79 Å². The highest BCUT2D eigenvalue weighted by Crippen LogP contribution is 2.23. The smallest absolute Gasteiger partial charge is 0.257 e. The summed E-state index contributed by atoms with van der Waals surface area (Å²) in [5, 5.41) is 3.49. The Balaban J connectivity index is 1.81. The summed E-state index contributed by atoms with van der Waals surface area (Å²) in [5.41, 5.74) is 4.94. The van der Waals surface area contributed by atoms with E-state index in [0.29, 0.717) is 27.3 Å². The molecule has 1 amide bonds. The first-order valence-electron chi connectivity index (χ1n) is 7.85. The second-order valence-corrected chi connectivity index (χ2v) is 6.24. The fourth-order valence-electron chi connectivity index (χ4n) is 2.74. The van der Waals surface area contributed by atoms with Crippen molar-refractivity contribution in [3.8, 4) is 0 Å². The van der Waals surface area contributed by atoms with Gasteiger partial charge in [0.25, 0.3) is 5.91 Å². The average molecular weight is 348 g/mol. The van der Waals surface area contributed by atoms with E-state index in [0.717, 1.165) is 16.6 Å². The first kappa shape index (κ1) is 15.5. The molecule has 0 radical (unpaired) electrons. The third-order valence-corrected chi connectivity index (χ3v) is 4.30. The van der Waals surface area contributed by atoms with Crippen LogP contribution in [0.1, 0.15) is 15.9 Å². The van der Waals surface area contributed by atoms with Crippen LogP contribution in [0.15, 0.2) is 60.7 Å². The number of hydrogen-bond acceptors (Lipinski definition) is 3. The topological polar surface area (TPSA) is 54.9 Å². The maximum atomic E-state index is 12.8. The zero-order valence-electron chi connectivity index (χ0n) is 13.5. The van der Waals surface area contributed by atoms with Gasteiger partial charge in [-0.3, -0.25) is 4.79 Å². The molecule has 0 saturated heterocycles. The molecule has 0 bridgehead atoms. The van der Waals surface area contributed by atoms with Crippen LogP contribution >= 0.6 is 11.6 Å². The average Bonchev–Trinajstić information content (AvgIpc) is 2.62. The predicted molar refractivity (Wildman–Crippen MR) is 101 cm³/mol. The van der Waals surface area contributed by atoms with E-state index in [4.69, 9.17) is 11.6 Å². The molecule has 5 heteroatoms. The van der Waals surface area contributed by atoms with Gasteiger partial charge < -0.3 is 5.32 Å². The number of nitrogens with zero attached hydrogens (tertiary/aromatic N) is 2. The molecule has 25 heavy (non-hydrogen) atoms. The van der Waals surface area contributed by atoms with E-state index in [-0.39, 0.29) is 5.91 Å². The summed E-state index contributed by atoms with van der Waals surface area (Å²) in [6, 6.07) is 18.4. The second-order valence-electron chi connectivity index (χ2n) is 5.80. The molecule has 0 saturated carbocycles. The second kappa shape index (κ2) is 6.15. The van der Waals surface area contributed by atoms with Crippen molar-refractivity contribution < 1.29 is 4.79 Å². The van der Waals surface area contributed by atoms with Gasteiger partial charge in [0.2, 0.25) is 0 Å². The molecule has 0 aliphatic heterocycles. The number of fused-ring (bicyclic) bond motifs is 2. The minimum Gasteiger partial charge on any atom is -0.322 e. The highest BCUT2D eigenvalue weighted by molar-refractivity contribution is 6.31. The van der Waals surface area contributed by atoms with Gasteiger partial charge in [-0.2, -0.15) is 0 Å². The van der Waals surface area contributed by atoms with Gasteiger partial charge in [0, 0.05) is 10.7 Å². The summed E-state index contributed by atoms with van der Waals surface area (Å²) in [6.45, 7) is 1.92. The Labute approximate surface area is 149 Å². The third-order valence-electron chi connectivity index (χ3n) is 4.06. The monoisotopic (exact) mass is 347 g/mol. The van der Waals surface area contributed by atoms with Gasteiger partial charge in [0.15, 0.2) is 0 Å². The van der Waals surface area contributed by atoms with Crippen molar-refractivity contribution in [3.05, 3.63) is 76.8 Å². The number of hydrogen-bond donors (Lipinski definition) is 1. The number of aromatic nitrogens is 2. The van der Waals surface area contributed by atoms with Gasteiger partial charge in [-0.25, -0.2) is 9.97 Å². The van der Waals surface area contributed by atoms with Gasteiger partial charge in [0.05, 0.1) is 22.1 Å². The van der Waals surface area contributed by atoms with Crippen LogP contribution in [0.2, 0.25) is 5.02 Å². The maximum absolute atomic E-state index is 12.8. The van der Waals surface area contributed by atoms with E-state index >= 15 is 0 Å². The van der Waals surface area contributed by atoms with Crippen molar-refractivity contribution in [2.45, 2.75) is 6.92 Å². The maximum Gasteiger partial charge on any atom is 0.257 e. The zero-order valence-corrected chi connectivity index (χ0v) is 14.2. The summed E-state index contributed by atoms with van der Waals surface area (Å²) in [4.78, 5) is 22.0. The van der Waals surface area contributed by atoms with Crippen molar-refractivity contribution in [2.24, 2.45) is 0 Å². The number of halogens is 1. The van der Waals surface area contributed by atoms with Crippen molar-refractivity contribution in [1.29, 1.82) is 0 Å². The fourth-order valence-corrected chi connectivity index (χ4v) is 2.92. The molecule has 1 heterocycles. The third kappa shape index (κ3) is 2.92. The minimum atomic E-state index is -0.236. The van der Waals surface area contributed by atoms with Crippen molar-refractivity contribution >= 4 is 45.3 Å². The quantitative estimate of drug-likeness (QED) is 0.519. The lowest BCUT2D eigenvalue weighted by Gasteiger charge is -2.10.